The number of nitrogens with zero attached hydrogens (tertiary/aromatic N) is 4. The molecule has 2 aliphatic rings. The normalized spacial score (nSPS) is 20.2. The number of nitrogens with two attached hydrogens (primary N) is 3. The Morgan fingerprint density at radius 2 is 2.03 bits per heavy atom. The van der Waals surface area contributed by atoms with Gasteiger partial charge in [-0.3, -0.25) is 0 Å². The monoisotopic (exact) mass is 444 g/mol. The minimum absolute atomic E-state index is 0.0812. The second kappa shape index (κ2) is 8.68. The van der Waals surface area contributed by atoms with E-state index in [2.05, 4.69) is 25.2 Å². The highest BCUT2D eigenvalue weighted by Gasteiger charge is 2.34. The van der Waals surface area contributed by atoms with Gasteiger partial charge in [0.15, 0.2) is 11.6 Å². The molecule has 0 bridgehead atoms. The van der Waals surface area contributed by atoms with Crippen molar-refractivity contribution in [2.75, 3.05) is 30.3 Å². The average Bonchev–Trinajstić information content (AvgIpc) is 3.55. The Balaban J connectivity index is 1.58. The maximum absolute atomic E-state index is 14.2. The molecule has 8 nitrogen and oxygen atoms in total. The van der Waals surface area contributed by atoms with E-state index in [9.17, 15) is 4.39 Å². The lowest BCUT2D eigenvalue weighted by molar-refractivity contribution is 0.419. The van der Waals surface area contributed by atoms with Gasteiger partial charge < -0.3 is 27.4 Å². The minimum Gasteiger partial charge on any atom is -0.398 e. The Labute approximate surface area is 185 Å². The van der Waals surface area contributed by atoms with Crippen molar-refractivity contribution in [1.82, 2.24) is 10.3 Å². The fraction of sp³-hybridized carbons (Fsp3) is 0.381. The average molecular weight is 445 g/mol. The fourth-order valence-corrected chi connectivity index (χ4v) is 4.14. The van der Waals surface area contributed by atoms with Gasteiger partial charge in [-0.05, 0) is 37.8 Å². The van der Waals surface area contributed by atoms with Crippen LogP contribution in [0.25, 0.3) is 0 Å². The minimum atomic E-state index is -0.655. The van der Waals surface area contributed by atoms with Crippen LogP contribution in [0.5, 0.6) is 0 Å². The third-order valence-electron chi connectivity index (χ3n) is 5.46. The van der Waals surface area contributed by atoms with E-state index >= 15 is 0 Å². The van der Waals surface area contributed by atoms with Crippen LogP contribution < -0.4 is 27.4 Å². The molecule has 1 atom stereocenters. The Hall–Kier alpha value is -2.91. The van der Waals surface area contributed by atoms with E-state index in [1.54, 1.807) is 6.92 Å². The van der Waals surface area contributed by atoms with Crippen LogP contribution in [0.4, 0.5) is 27.3 Å². The summed E-state index contributed by atoms with van der Waals surface area (Å²) in [5.74, 6) is 0.280. The number of piperazine rings is 1. The van der Waals surface area contributed by atoms with Crippen molar-refractivity contribution in [2.45, 2.75) is 25.8 Å². The van der Waals surface area contributed by atoms with E-state index in [1.165, 1.54) is 25.1 Å². The molecule has 2 fully saturated rings. The molecular weight excluding hydrogens is 419 g/mol. The van der Waals surface area contributed by atoms with Gasteiger partial charge in [0.1, 0.15) is 5.84 Å². The van der Waals surface area contributed by atoms with Crippen LogP contribution in [0.15, 0.2) is 34.4 Å². The second-order valence-electron chi connectivity index (χ2n) is 7.99. The third-order valence-corrected chi connectivity index (χ3v) is 5.76. The van der Waals surface area contributed by atoms with Crippen molar-refractivity contribution < 1.29 is 4.39 Å². The first-order valence-electron chi connectivity index (χ1n) is 10.2. The number of nitrogens with one attached hydrogen (secondary N) is 1. The number of halogens is 2. The summed E-state index contributed by atoms with van der Waals surface area (Å²) in [4.78, 5) is 14.3. The van der Waals surface area contributed by atoms with E-state index in [1.807, 2.05) is 12.1 Å². The summed E-state index contributed by atoms with van der Waals surface area (Å²) in [7, 11) is 0. The molecule has 2 aromatic rings. The van der Waals surface area contributed by atoms with Crippen LogP contribution in [0.3, 0.4) is 0 Å². The number of anilines is 2. The first-order chi connectivity index (χ1) is 14.8. The summed E-state index contributed by atoms with van der Waals surface area (Å²) in [5.41, 5.74) is 19.9. The van der Waals surface area contributed by atoms with Gasteiger partial charge in [-0.2, -0.15) is 0 Å². The van der Waals surface area contributed by atoms with Crippen LogP contribution in [0, 0.1) is 11.7 Å². The number of rotatable bonds is 5. The van der Waals surface area contributed by atoms with Crippen molar-refractivity contribution in [3.05, 3.63) is 40.8 Å². The van der Waals surface area contributed by atoms with Crippen LogP contribution in [0.2, 0.25) is 5.02 Å². The van der Waals surface area contributed by atoms with Gasteiger partial charge in [-0.1, -0.05) is 11.6 Å². The van der Waals surface area contributed by atoms with Gasteiger partial charge in [-0.15, -0.1) is 0 Å². The molecule has 1 aliphatic carbocycles. The van der Waals surface area contributed by atoms with Crippen LogP contribution in [-0.2, 0) is 0 Å². The second-order valence-corrected chi connectivity index (χ2v) is 8.39. The summed E-state index contributed by atoms with van der Waals surface area (Å²) in [6.45, 7) is 4.27. The number of aromatic nitrogens is 1. The van der Waals surface area contributed by atoms with Gasteiger partial charge >= 0.3 is 0 Å². The van der Waals surface area contributed by atoms with Gasteiger partial charge in [0.05, 0.1) is 28.3 Å². The maximum Gasteiger partial charge on any atom is 0.190 e. The number of aliphatic imine (C=N–C) groups is 2. The molecule has 1 aliphatic heterocycles. The summed E-state index contributed by atoms with van der Waals surface area (Å²) < 4.78 is 14.2. The Morgan fingerprint density at radius 3 is 2.68 bits per heavy atom. The number of hydrogen-bond donors (Lipinski definition) is 4. The zero-order chi connectivity index (χ0) is 22.1. The largest absolute Gasteiger partial charge is 0.398 e. The first kappa shape index (κ1) is 21.3. The van der Waals surface area contributed by atoms with Gasteiger partial charge in [-0.25, -0.2) is 19.4 Å². The van der Waals surface area contributed by atoms with Gasteiger partial charge in [0.2, 0.25) is 0 Å². The van der Waals surface area contributed by atoms with Crippen LogP contribution >= 0.6 is 11.6 Å². The SMILES string of the molecule is C/C(N)=N/c1ncc(N=C(N)c2c(N)cc(N3CCNC(C4CC4)C3)cc2Cl)cc1F. The highest BCUT2D eigenvalue weighted by Crippen LogP contribution is 2.36. The van der Waals surface area contributed by atoms with E-state index in [4.69, 9.17) is 28.8 Å². The molecule has 0 amide bonds. The molecule has 0 radical (unpaired) electrons. The molecule has 0 spiro atoms. The summed E-state index contributed by atoms with van der Waals surface area (Å²) >= 11 is 6.54. The fourth-order valence-electron chi connectivity index (χ4n) is 3.82. The maximum atomic E-state index is 14.2. The van der Waals surface area contributed by atoms with Crippen molar-refractivity contribution >= 4 is 46.2 Å². The van der Waals surface area contributed by atoms with E-state index in [-0.39, 0.29) is 23.2 Å². The molecule has 1 saturated carbocycles. The van der Waals surface area contributed by atoms with E-state index in [0.29, 0.717) is 22.3 Å². The molecule has 1 saturated heterocycles. The molecular formula is C21H26ClFN8. The molecule has 1 unspecified atom stereocenters. The van der Waals surface area contributed by atoms with Gasteiger partial charge in [0.25, 0.3) is 0 Å². The number of nitrogen functional groups attached to an aromatic ring is 1. The molecule has 4 rings (SSSR count). The zero-order valence-electron chi connectivity index (χ0n) is 17.3. The lowest BCUT2D eigenvalue weighted by Crippen LogP contribution is -2.51. The lowest BCUT2D eigenvalue weighted by Gasteiger charge is -2.36. The number of hydrogen-bond acceptors (Lipinski definition) is 6. The molecule has 10 heteroatoms. The molecule has 1 aromatic heterocycles. The summed E-state index contributed by atoms with van der Waals surface area (Å²) in [6, 6.07) is 5.39. The smallest absolute Gasteiger partial charge is 0.190 e. The first-order valence-corrected chi connectivity index (χ1v) is 10.6. The standard InChI is InChI=1S/C21H26ClFN8/c1-11(24)29-21-16(23)6-13(9-28-21)30-20(26)19-15(22)7-14(8-17(19)25)31-5-4-27-18(10-31)12-2-3-12/h6-9,12,18,27H,2-5,10,25H2,1H3,(H2,26,30)(H2,24,28,29). The van der Waals surface area contributed by atoms with E-state index < -0.39 is 5.82 Å². The van der Waals surface area contributed by atoms with Crippen molar-refractivity contribution in [3.8, 4) is 0 Å². The Bertz CT molecular complexity index is 1020. The number of benzene rings is 1. The van der Waals surface area contributed by atoms with E-state index in [0.717, 1.165) is 31.2 Å². The summed E-state index contributed by atoms with van der Waals surface area (Å²) in [6.07, 6.45) is 3.93. The van der Waals surface area contributed by atoms with Crippen molar-refractivity contribution in [2.24, 2.45) is 27.4 Å². The number of pyridine rings is 1. The molecule has 1 aromatic carbocycles. The highest BCUT2D eigenvalue weighted by atomic mass is 35.5. The Kier molecular flexibility index (Phi) is 5.97. The number of amidine groups is 2. The van der Waals surface area contributed by atoms with Crippen molar-refractivity contribution in [1.29, 1.82) is 0 Å². The molecule has 2 heterocycles. The van der Waals surface area contributed by atoms with Crippen LogP contribution in [-0.4, -0.2) is 42.3 Å². The third kappa shape index (κ3) is 4.88. The van der Waals surface area contributed by atoms with Crippen LogP contribution in [0.1, 0.15) is 25.3 Å². The predicted octanol–water partition coefficient (Wildman–Crippen LogP) is 2.69. The summed E-state index contributed by atoms with van der Waals surface area (Å²) in [5, 5.41) is 3.98. The Morgan fingerprint density at radius 1 is 1.26 bits per heavy atom. The van der Waals surface area contributed by atoms with Gasteiger partial charge in [0, 0.05) is 43.1 Å². The molecule has 164 valence electrons. The highest BCUT2D eigenvalue weighted by molar-refractivity contribution is 6.35. The zero-order valence-corrected chi connectivity index (χ0v) is 18.0. The molecule has 7 N–H and O–H groups in total. The van der Waals surface area contributed by atoms with Crippen molar-refractivity contribution in [3.63, 3.8) is 0 Å². The topological polar surface area (TPSA) is 131 Å². The molecule has 31 heavy (non-hydrogen) atoms. The quantitative estimate of drug-likeness (QED) is 0.318. The lowest BCUT2D eigenvalue weighted by atomic mass is 10.1. The predicted molar refractivity (Wildman–Crippen MR) is 124 cm³/mol.